The number of hydrogen-bond donors (Lipinski definition) is 2. The van der Waals surface area contributed by atoms with E-state index in [1.165, 1.54) is 0 Å². The van der Waals surface area contributed by atoms with Crippen LogP contribution in [-0.2, 0) is 0 Å². The van der Waals surface area contributed by atoms with Crippen molar-refractivity contribution in [1.82, 2.24) is 9.97 Å². The molecule has 0 fully saturated rings. The van der Waals surface area contributed by atoms with Gasteiger partial charge in [0.1, 0.15) is 0 Å². The van der Waals surface area contributed by atoms with Crippen molar-refractivity contribution < 1.29 is 65.9 Å². The monoisotopic (exact) mass is 796 g/mol. The van der Waals surface area contributed by atoms with Gasteiger partial charge in [-0.25, -0.2) is 70.8 Å². The first kappa shape index (κ1) is 36.4. The highest BCUT2D eigenvalue weighted by molar-refractivity contribution is 6.33. The highest BCUT2D eigenvalue weighted by Crippen LogP contribution is 2.42. The van der Waals surface area contributed by atoms with E-state index in [4.69, 9.17) is 0 Å². The highest BCUT2D eigenvalue weighted by Gasteiger charge is 2.36. The van der Waals surface area contributed by atoms with Crippen LogP contribution < -0.4 is 10.7 Å². The Morgan fingerprint density at radius 1 is 0.411 bits per heavy atom. The maximum Gasteiger partial charge on any atom is 0.200 e. The Bertz CT molecular complexity index is 2860. The van der Waals surface area contributed by atoms with Crippen molar-refractivity contribution in [2.75, 3.05) is 0 Å². The van der Waals surface area contributed by atoms with Gasteiger partial charge in [0.15, 0.2) is 69.8 Å². The van der Waals surface area contributed by atoms with Gasteiger partial charge in [0, 0.05) is 46.1 Å². The van der Waals surface area contributed by atoms with E-state index < -0.39 is 161 Å². The molecule has 0 spiro atoms. The SMILES string of the molecule is Fc1c(F)c(F)c(C2=C3CC(=C(c4c(F)c(F)c(F)c(F)c4F)c4ccc([nH]4)C(c4c(F)c(F)c(F)c(F)c4F)=c4ccc([nH]4)=C4C=CC2=N4)C=N3)c(F)c1F. The van der Waals surface area contributed by atoms with Gasteiger partial charge in [0.2, 0.25) is 17.5 Å². The molecule has 0 amide bonds. The number of hydrogen-bond acceptors (Lipinski definition) is 2. The van der Waals surface area contributed by atoms with Crippen molar-refractivity contribution in [3.63, 3.8) is 0 Å². The van der Waals surface area contributed by atoms with Gasteiger partial charge in [-0.15, -0.1) is 0 Å². The van der Waals surface area contributed by atoms with Crippen LogP contribution in [0.4, 0.5) is 65.9 Å². The minimum absolute atomic E-state index is 0.119. The summed E-state index contributed by atoms with van der Waals surface area (Å²) in [5.41, 5.74) is -10.6. The second kappa shape index (κ2) is 12.8. The minimum Gasteiger partial charge on any atom is -0.354 e. The molecule has 3 aliphatic heterocycles. The van der Waals surface area contributed by atoms with Gasteiger partial charge in [-0.05, 0) is 42.0 Å². The topological polar surface area (TPSA) is 56.3 Å². The minimum atomic E-state index is -2.59. The molecule has 19 heteroatoms. The fraction of sp³-hybridized carbons (Fsp3) is 0.0270. The molecule has 2 N–H and O–H groups in total. The predicted octanol–water partition coefficient (Wildman–Crippen LogP) is 8.50. The molecule has 4 nitrogen and oxygen atoms in total. The van der Waals surface area contributed by atoms with E-state index in [9.17, 15) is 39.5 Å². The molecular weight excluding hydrogens is 785 g/mol. The zero-order chi connectivity index (χ0) is 40.2. The molecule has 8 bridgehead atoms. The summed E-state index contributed by atoms with van der Waals surface area (Å²) >= 11 is 0. The van der Waals surface area contributed by atoms with Gasteiger partial charge in [0.05, 0.1) is 39.1 Å². The molecule has 0 saturated heterocycles. The van der Waals surface area contributed by atoms with Crippen LogP contribution in [0.3, 0.4) is 0 Å². The van der Waals surface area contributed by atoms with Gasteiger partial charge < -0.3 is 9.97 Å². The first-order chi connectivity index (χ1) is 26.5. The Balaban J connectivity index is 1.55. The Labute approximate surface area is 300 Å². The lowest BCUT2D eigenvalue weighted by Gasteiger charge is -2.15. The summed E-state index contributed by atoms with van der Waals surface area (Å²) in [7, 11) is 0. The summed E-state index contributed by atoms with van der Waals surface area (Å²) in [5.74, 6) is -36.4. The van der Waals surface area contributed by atoms with Crippen molar-refractivity contribution in [3.05, 3.63) is 174 Å². The van der Waals surface area contributed by atoms with E-state index in [1.54, 1.807) is 0 Å². The molecular formula is C37H11F15N4. The van der Waals surface area contributed by atoms with Crippen molar-refractivity contribution in [2.24, 2.45) is 9.98 Å². The summed E-state index contributed by atoms with van der Waals surface area (Å²) in [5, 5.41) is -0.560. The summed E-state index contributed by atoms with van der Waals surface area (Å²) in [6, 6.07) is 3.95. The summed E-state index contributed by atoms with van der Waals surface area (Å²) in [4.78, 5) is 13.2. The van der Waals surface area contributed by atoms with Crippen molar-refractivity contribution in [2.45, 2.75) is 6.42 Å². The third-order valence-electron chi connectivity index (χ3n) is 9.08. The molecule has 0 aliphatic carbocycles. The fourth-order valence-electron chi connectivity index (χ4n) is 6.54. The van der Waals surface area contributed by atoms with E-state index in [0.29, 0.717) is 6.21 Å². The summed E-state index contributed by atoms with van der Waals surface area (Å²) in [6.07, 6.45) is 1.94. The zero-order valence-electron chi connectivity index (χ0n) is 26.8. The molecule has 56 heavy (non-hydrogen) atoms. The third-order valence-corrected chi connectivity index (χ3v) is 9.08. The van der Waals surface area contributed by atoms with E-state index >= 15 is 26.3 Å². The van der Waals surface area contributed by atoms with Gasteiger partial charge in [0.25, 0.3) is 0 Å². The maximum atomic E-state index is 15.6. The Morgan fingerprint density at radius 3 is 1.32 bits per heavy atom. The van der Waals surface area contributed by atoms with Crippen LogP contribution in [0, 0.1) is 87.3 Å². The van der Waals surface area contributed by atoms with E-state index in [0.717, 1.165) is 36.4 Å². The number of H-pyrrole nitrogens is 2. The smallest absolute Gasteiger partial charge is 0.200 e. The molecule has 2 aromatic heterocycles. The molecule has 0 atom stereocenters. The van der Waals surface area contributed by atoms with E-state index in [2.05, 4.69) is 20.0 Å². The van der Waals surface area contributed by atoms with Crippen LogP contribution in [-0.4, -0.2) is 21.9 Å². The number of aliphatic imine (C=N–C) groups is 2. The Hall–Kier alpha value is -6.53. The van der Waals surface area contributed by atoms with Crippen LogP contribution in [0.1, 0.15) is 34.5 Å². The Kier molecular flexibility index (Phi) is 8.31. The Morgan fingerprint density at radius 2 is 0.821 bits per heavy atom. The van der Waals surface area contributed by atoms with Crippen LogP contribution >= 0.6 is 0 Å². The van der Waals surface area contributed by atoms with Crippen LogP contribution in [0.25, 0.3) is 22.4 Å². The number of aromatic amines is 2. The number of nitrogens with one attached hydrogen (secondary N) is 2. The van der Waals surface area contributed by atoms with Crippen LogP contribution in [0.15, 0.2) is 57.7 Å². The first-order valence-electron chi connectivity index (χ1n) is 15.5. The lowest BCUT2D eigenvalue weighted by Crippen LogP contribution is -2.18. The molecule has 8 rings (SSSR count). The van der Waals surface area contributed by atoms with Gasteiger partial charge >= 0.3 is 0 Å². The summed E-state index contributed by atoms with van der Waals surface area (Å²) in [6.45, 7) is 0. The van der Waals surface area contributed by atoms with Gasteiger partial charge in [-0.2, -0.15) is 0 Å². The van der Waals surface area contributed by atoms with E-state index in [-0.39, 0.29) is 11.0 Å². The highest BCUT2D eigenvalue weighted by atomic mass is 19.2. The molecule has 3 aliphatic rings. The average molecular weight is 796 g/mol. The third kappa shape index (κ3) is 5.12. The van der Waals surface area contributed by atoms with Crippen LogP contribution in [0.2, 0.25) is 0 Å². The fourth-order valence-corrected chi connectivity index (χ4v) is 6.54. The van der Waals surface area contributed by atoms with E-state index in [1.807, 2.05) is 0 Å². The molecule has 0 unspecified atom stereocenters. The number of halogens is 15. The quantitative estimate of drug-likeness (QED) is 0.105. The normalized spacial score (nSPS) is 15.1. The van der Waals surface area contributed by atoms with Crippen LogP contribution in [0.5, 0.6) is 0 Å². The number of benzene rings is 3. The number of aromatic nitrogens is 2. The largest absolute Gasteiger partial charge is 0.354 e. The molecule has 0 radical (unpaired) electrons. The lowest BCUT2D eigenvalue weighted by molar-refractivity contribution is 0.376. The lowest BCUT2D eigenvalue weighted by atomic mass is 9.91. The summed E-state index contributed by atoms with van der Waals surface area (Å²) < 4.78 is 223. The molecule has 5 aromatic rings. The molecule has 0 saturated carbocycles. The molecule has 5 heterocycles. The predicted molar refractivity (Wildman–Crippen MR) is 167 cm³/mol. The standard InChI is InChI=1S/C37H11F15N4/c38-23-20(24(39)30(45)35(50)29(23)44)17-9-7-16(53-8-9)19(22-27(42)33(48)37(52)34(49)28(22)43)15-4-2-11(55-15)10-1-3-13(54-10)18(14-6-5-12(17)56-14)21-25(40)31(46)36(51)32(47)26(21)41/h1-6,8,54,56H,7H2. The number of rotatable bonds is 3. The van der Waals surface area contributed by atoms with Crippen molar-refractivity contribution in [1.29, 1.82) is 0 Å². The second-order valence-corrected chi connectivity index (χ2v) is 12.2. The molecule has 284 valence electrons. The maximum absolute atomic E-state index is 15.6. The van der Waals surface area contributed by atoms with Crippen molar-refractivity contribution in [3.8, 4) is 0 Å². The average Bonchev–Trinajstić information content (AvgIpc) is 4.03. The van der Waals surface area contributed by atoms with Gasteiger partial charge in [-0.3, -0.25) is 4.99 Å². The van der Waals surface area contributed by atoms with Crippen molar-refractivity contribution >= 4 is 34.3 Å². The second-order valence-electron chi connectivity index (χ2n) is 12.2. The number of allylic oxidation sites excluding steroid dienone is 3. The number of nitrogens with zero attached hydrogens (tertiary/aromatic N) is 2. The van der Waals surface area contributed by atoms with Gasteiger partial charge in [-0.1, -0.05) is 0 Å². The zero-order valence-corrected chi connectivity index (χ0v) is 26.8. The molecule has 3 aromatic carbocycles. The first-order valence-corrected chi connectivity index (χ1v) is 15.5. The number of fused-ring (bicyclic) bond motifs is 7.